The Bertz CT molecular complexity index is 219. The van der Waals surface area contributed by atoms with E-state index < -0.39 is 5.95 Å². The molecule has 2 nitrogen and oxygen atoms in total. The van der Waals surface area contributed by atoms with E-state index in [-0.39, 0.29) is 0 Å². The SMILES string of the molecule is CSc1nc(C)cc(F)n1. The maximum atomic E-state index is 12.5. The van der Waals surface area contributed by atoms with E-state index in [0.29, 0.717) is 10.9 Å². The van der Waals surface area contributed by atoms with Crippen molar-refractivity contribution in [3.63, 3.8) is 0 Å². The van der Waals surface area contributed by atoms with Crippen molar-refractivity contribution < 1.29 is 4.39 Å². The first-order valence-corrected chi connectivity index (χ1v) is 4.00. The first-order valence-electron chi connectivity index (χ1n) is 2.77. The van der Waals surface area contributed by atoms with E-state index in [2.05, 4.69) is 9.97 Å². The summed E-state index contributed by atoms with van der Waals surface area (Å²) in [4.78, 5) is 7.50. The normalized spacial score (nSPS) is 9.90. The molecule has 0 amide bonds. The molecule has 1 rings (SSSR count). The topological polar surface area (TPSA) is 25.8 Å². The smallest absolute Gasteiger partial charge is 0.217 e. The summed E-state index contributed by atoms with van der Waals surface area (Å²) in [5, 5.41) is 0.484. The fourth-order valence-electron chi connectivity index (χ4n) is 0.595. The highest BCUT2D eigenvalue weighted by molar-refractivity contribution is 7.98. The summed E-state index contributed by atoms with van der Waals surface area (Å²) in [7, 11) is 0. The Labute approximate surface area is 62.9 Å². The fourth-order valence-corrected chi connectivity index (χ4v) is 1.01. The first kappa shape index (κ1) is 7.47. The third-order valence-corrected chi connectivity index (χ3v) is 1.53. The van der Waals surface area contributed by atoms with Crippen LogP contribution in [-0.4, -0.2) is 16.2 Å². The van der Waals surface area contributed by atoms with Crippen LogP contribution in [-0.2, 0) is 0 Å². The summed E-state index contributed by atoms with van der Waals surface area (Å²) in [6.07, 6.45) is 1.81. The van der Waals surface area contributed by atoms with Crippen LogP contribution in [0.3, 0.4) is 0 Å². The maximum Gasteiger partial charge on any atom is 0.217 e. The largest absolute Gasteiger partial charge is 0.228 e. The second-order valence-electron chi connectivity index (χ2n) is 1.82. The van der Waals surface area contributed by atoms with Crippen LogP contribution >= 0.6 is 11.8 Å². The molecular formula is C6H7FN2S. The Morgan fingerprint density at radius 1 is 1.50 bits per heavy atom. The lowest BCUT2D eigenvalue weighted by atomic mass is 10.5. The van der Waals surface area contributed by atoms with Crippen LogP contribution in [0.2, 0.25) is 0 Å². The third-order valence-electron chi connectivity index (χ3n) is 0.985. The summed E-state index contributed by atoms with van der Waals surface area (Å²) in [5.74, 6) is -0.461. The number of hydrogen-bond donors (Lipinski definition) is 0. The molecule has 4 heteroatoms. The van der Waals surface area contributed by atoms with Gasteiger partial charge in [-0.3, -0.25) is 0 Å². The molecule has 0 saturated carbocycles. The molecule has 10 heavy (non-hydrogen) atoms. The number of halogens is 1. The lowest BCUT2D eigenvalue weighted by molar-refractivity contribution is 0.560. The van der Waals surface area contributed by atoms with Crippen LogP contribution < -0.4 is 0 Å². The zero-order valence-corrected chi connectivity index (χ0v) is 6.57. The van der Waals surface area contributed by atoms with Crippen LogP contribution in [0.25, 0.3) is 0 Å². The minimum Gasteiger partial charge on any atom is -0.228 e. The van der Waals surface area contributed by atoms with Crippen LogP contribution in [0.4, 0.5) is 4.39 Å². The standard InChI is InChI=1S/C6H7FN2S/c1-4-3-5(7)9-6(8-4)10-2/h3H,1-2H3. The summed E-state index contributed by atoms with van der Waals surface area (Å²) in [6, 6.07) is 1.31. The van der Waals surface area contributed by atoms with E-state index >= 15 is 0 Å². The number of thioether (sulfide) groups is 1. The van der Waals surface area contributed by atoms with E-state index in [9.17, 15) is 4.39 Å². The quantitative estimate of drug-likeness (QED) is 0.353. The monoisotopic (exact) mass is 158 g/mol. The van der Waals surface area contributed by atoms with Gasteiger partial charge in [0.05, 0.1) is 0 Å². The minimum atomic E-state index is -0.461. The van der Waals surface area contributed by atoms with E-state index in [1.165, 1.54) is 17.8 Å². The van der Waals surface area contributed by atoms with Gasteiger partial charge in [0, 0.05) is 11.8 Å². The number of rotatable bonds is 1. The average molecular weight is 158 g/mol. The Kier molecular flexibility index (Phi) is 2.21. The summed E-state index contributed by atoms with van der Waals surface area (Å²) in [5.41, 5.74) is 0.664. The fraction of sp³-hybridized carbons (Fsp3) is 0.333. The van der Waals surface area contributed by atoms with Crippen LogP contribution in [0, 0.1) is 12.9 Å². The van der Waals surface area contributed by atoms with Gasteiger partial charge in [-0.2, -0.15) is 9.37 Å². The molecule has 0 atom stereocenters. The summed E-state index contributed by atoms with van der Waals surface area (Å²) < 4.78 is 12.5. The van der Waals surface area contributed by atoms with Gasteiger partial charge in [-0.1, -0.05) is 11.8 Å². The van der Waals surface area contributed by atoms with Crippen molar-refractivity contribution in [1.82, 2.24) is 9.97 Å². The Morgan fingerprint density at radius 2 is 2.20 bits per heavy atom. The molecule has 1 aromatic heterocycles. The van der Waals surface area contributed by atoms with Crippen LogP contribution in [0.5, 0.6) is 0 Å². The molecule has 0 aliphatic heterocycles. The average Bonchev–Trinajstić information content (AvgIpc) is 1.85. The van der Waals surface area contributed by atoms with Crippen molar-refractivity contribution in [2.75, 3.05) is 6.26 Å². The van der Waals surface area contributed by atoms with Gasteiger partial charge in [0.25, 0.3) is 0 Å². The van der Waals surface area contributed by atoms with E-state index in [4.69, 9.17) is 0 Å². The van der Waals surface area contributed by atoms with Crippen molar-refractivity contribution >= 4 is 11.8 Å². The second kappa shape index (κ2) is 2.96. The first-order chi connectivity index (χ1) is 4.72. The lowest BCUT2D eigenvalue weighted by Crippen LogP contribution is -1.92. The molecule has 0 bridgehead atoms. The zero-order chi connectivity index (χ0) is 7.56. The van der Waals surface area contributed by atoms with Gasteiger partial charge >= 0.3 is 0 Å². The molecule has 0 radical (unpaired) electrons. The molecule has 1 heterocycles. The van der Waals surface area contributed by atoms with E-state index in [1.54, 1.807) is 6.92 Å². The lowest BCUT2D eigenvalue weighted by Gasteiger charge is -1.95. The summed E-state index contributed by atoms with van der Waals surface area (Å²) in [6.45, 7) is 1.74. The van der Waals surface area contributed by atoms with Crippen molar-refractivity contribution in [3.8, 4) is 0 Å². The Morgan fingerprint density at radius 3 is 2.70 bits per heavy atom. The van der Waals surface area contributed by atoms with E-state index in [1.807, 2.05) is 6.26 Å². The molecule has 0 saturated heterocycles. The molecule has 0 aliphatic rings. The molecule has 0 spiro atoms. The number of nitrogens with zero attached hydrogens (tertiary/aromatic N) is 2. The molecule has 0 aromatic carbocycles. The minimum absolute atomic E-state index is 0.461. The molecule has 0 unspecified atom stereocenters. The number of aryl methyl sites for hydroxylation is 1. The van der Waals surface area contributed by atoms with Crippen molar-refractivity contribution in [1.29, 1.82) is 0 Å². The predicted molar refractivity (Wildman–Crippen MR) is 38.5 cm³/mol. The van der Waals surface area contributed by atoms with Crippen LogP contribution in [0.1, 0.15) is 5.69 Å². The van der Waals surface area contributed by atoms with Crippen LogP contribution in [0.15, 0.2) is 11.2 Å². The Hall–Kier alpha value is -0.640. The summed E-state index contributed by atoms with van der Waals surface area (Å²) >= 11 is 1.33. The molecule has 54 valence electrons. The number of aromatic nitrogens is 2. The van der Waals surface area contributed by atoms with Gasteiger partial charge in [0.1, 0.15) is 0 Å². The van der Waals surface area contributed by atoms with Crippen molar-refractivity contribution in [2.24, 2.45) is 0 Å². The highest BCUT2D eigenvalue weighted by atomic mass is 32.2. The van der Waals surface area contributed by atoms with Gasteiger partial charge < -0.3 is 0 Å². The van der Waals surface area contributed by atoms with Gasteiger partial charge in [0.2, 0.25) is 5.95 Å². The second-order valence-corrected chi connectivity index (χ2v) is 2.59. The molecule has 1 aromatic rings. The van der Waals surface area contributed by atoms with Crippen molar-refractivity contribution in [2.45, 2.75) is 12.1 Å². The predicted octanol–water partition coefficient (Wildman–Crippen LogP) is 1.65. The van der Waals surface area contributed by atoms with E-state index in [0.717, 1.165) is 0 Å². The van der Waals surface area contributed by atoms with Crippen molar-refractivity contribution in [3.05, 3.63) is 17.7 Å². The maximum absolute atomic E-state index is 12.5. The van der Waals surface area contributed by atoms with Gasteiger partial charge in [-0.25, -0.2) is 4.98 Å². The third kappa shape index (κ3) is 1.67. The number of hydrogen-bond acceptors (Lipinski definition) is 3. The Balaban J connectivity index is 3.06. The van der Waals surface area contributed by atoms with Gasteiger partial charge in [-0.05, 0) is 13.2 Å². The highest BCUT2D eigenvalue weighted by Gasteiger charge is 1.97. The zero-order valence-electron chi connectivity index (χ0n) is 5.76. The van der Waals surface area contributed by atoms with Gasteiger partial charge in [0.15, 0.2) is 5.16 Å². The molecular weight excluding hydrogens is 151 g/mol. The highest BCUT2D eigenvalue weighted by Crippen LogP contribution is 2.08. The molecule has 0 aliphatic carbocycles. The van der Waals surface area contributed by atoms with Gasteiger partial charge in [-0.15, -0.1) is 0 Å². The molecule has 0 fully saturated rings. The molecule has 0 N–H and O–H groups in total.